The lowest BCUT2D eigenvalue weighted by Gasteiger charge is -2.03. The summed E-state index contributed by atoms with van der Waals surface area (Å²) in [7, 11) is -3.16. The number of imidazole rings is 1. The van der Waals surface area contributed by atoms with Crippen LogP contribution in [-0.2, 0) is 9.84 Å². The molecule has 0 bridgehead atoms. The van der Waals surface area contributed by atoms with Crippen LogP contribution in [0.25, 0.3) is 16.9 Å². The lowest BCUT2D eigenvalue weighted by Crippen LogP contribution is -1.97. The summed E-state index contributed by atoms with van der Waals surface area (Å²) in [6.45, 7) is 16.9. The third-order valence-corrected chi connectivity index (χ3v) is 5.03. The van der Waals surface area contributed by atoms with Crippen LogP contribution in [0, 0.1) is 0 Å². The van der Waals surface area contributed by atoms with E-state index in [9.17, 15) is 8.42 Å². The molecule has 32 heavy (non-hydrogen) atoms. The zero-order chi connectivity index (χ0) is 24.7. The first-order chi connectivity index (χ1) is 15.0. The minimum Gasteiger partial charge on any atom is -0.306 e. The monoisotopic (exact) mass is 474 g/mol. The van der Waals surface area contributed by atoms with Crippen molar-refractivity contribution in [3.63, 3.8) is 0 Å². The third kappa shape index (κ3) is 11.7. The largest absolute Gasteiger partial charge is 0.306 e. The van der Waals surface area contributed by atoms with Crippen LogP contribution in [0.15, 0.2) is 96.3 Å². The second-order valence-electron chi connectivity index (χ2n) is 7.10. The molecule has 3 aromatic rings. The van der Waals surface area contributed by atoms with Crippen LogP contribution in [0.4, 0.5) is 0 Å². The highest BCUT2D eigenvalue weighted by Gasteiger charge is 2.07. The van der Waals surface area contributed by atoms with Crippen LogP contribution >= 0.6 is 11.6 Å². The van der Waals surface area contributed by atoms with Gasteiger partial charge in [0.2, 0.25) is 0 Å². The van der Waals surface area contributed by atoms with Crippen molar-refractivity contribution in [2.75, 3.05) is 12.1 Å². The van der Waals surface area contributed by atoms with Gasteiger partial charge < -0.3 is 4.57 Å². The van der Waals surface area contributed by atoms with Crippen molar-refractivity contribution in [3.8, 4) is 16.9 Å². The van der Waals surface area contributed by atoms with Crippen LogP contribution in [-0.4, -0.2) is 30.1 Å². The first-order valence-corrected chi connectivity index (χ1v) is 12.7. The van der Waals surface area contributed by atoms with Crippen molar-refractivity contribution >= 4 is 21.4 Å². The average Bonchev–Trinajstić information content (AvgIpc) is 3.26. The molecule has 0 radical (unpaired) electrons. The van der Waals surface area contributed by atoms with E-state index in [0.29, 0.717) is 10.8 Å². The van der Waals surface area contributed by atoms with Gasteiger partial charge in [0.05, 0.1) is 16.9 Å². The molecule has 1 heterocycles. The normalized spacial score (nSPS) is 9.72. The molecular weight excluding hydrogens is 440 g/mol. The molecule has 4 nitrogen and oxygen atoms in total. The predicted molar refractivity (Wildman–Crippen MR) is 139 cm³/mol. The fourth-order valence-electron chi connectivity index (χ4n) is 2.09. The molecule has 0 aliphatic rings. The molecule has 3 rings (SSSR count). The van der Waals surface area contributed by atoms with E-state index in [0.717, 1.165) is 22.5 Å². The molecule has 0 unspecified atom stereocenters. The Balaban J connectivity index is 0.000000738. The van der Waals surface area contributed by atoms with Gasteiger partial charge in [-0.3, -0.25) is 0 Å². The number of sulfone groups is 1. The first kappa shape index (κ1) is 29.4. The molecule has 0 saturated carbocycles. The van der Waals surface area contributed by atoms with Crippen LogP contribution in [0.3, 0.4) is 0 Å². The number of rotatable bonds is 4. The van der Waals surface area contributed by atoms with E-state index < -0.39 is 9.84 Å². The zero-order valence-corrected chi connectivity index (χ0v) is 21.5. The van der Waals surface area contributed by atoms with E-state index in [1.54, 1.807) is 30.6 Å². The fourth-order valence-corrected chi connectivity index (χ4v) is 2.72. The summed E-state index contributed by atoms with van der Waals surface area (Å²) < 4.78 is 24.8. The Hall–Kier alpha value is -2.63. The Kier molecular flexibility index (Phi) is 14.0. The Morgan fingerprint density at radius 2 is 1.44 bits per heavy atom. The lowest BCUT2D eigenvalue weighted by atomic mass is 10.2. The molecule has 6 heteroatoms. The van der Waals surface area contributed by atoms with E-state index in [-0.39, 0.29) is 0 Å². The second kappa shape index (κ2) is 15.2. The van der Waals surface area contributed by atoms with Crippen LogP contribution in [0.2, 0.25) is 0 Å². The van der Waals surface area contributed by atoms with Gasteiger partial charge in [-0.05, 0) is 45.0 Å². The molecule has 0 spiro atoms. The number of benzene rings is 2. The molecule has 0 saturated heterocycles. The number of halogens is 1. The Morgan fingerprint density at radius 1 is 0.969 bits per heavy atom. The molecular formula is C26H35ClN2O2S. The predicted octanol–water partition coefficient (Wildman–Crippen LogP) is 7.35. The molecule has 2 aromatic carbocycles. The highest BCUT2D eigenvalue weighted by atomic mass is 35.5. The van der Waals surface area contributed by atoms with Gasteiger partial charge in [-0.25, -0.2) is 13.4 Å². The highest BCUT2D eigenvalue weighted by Crippen LogP contribution is 2.19. The summed E-state index contributed by atoms with van der Waals surface area (Å²) in [4.78, 5) is 4.69. The maximum atomic E-state index is 11.5. The van der Waals surface area contributed by atoms with Crippen molar-refractivity contribution in [1.82, 2.24) is 9.55 Å². The molecule has 0 fully saturated rings. The Bertz CT molecular complexity index is 1050. The number of hydrogen-bond acceptors (Lipinski definition) is 3. The summed E-state index contributed by atoms with van der Waals surface area (Å²) >= 11 is 5.24. The highest BCUT2D eigenvalue weighted by molar-refractivity contribution is 7.90. The number of nitrogens with zero attached hydrogens (tertiary/aromatic N) is 2. The SMILES string of the molecule is C=C(C)C.C=C(C)CCl.CC.CS(=O)(=O)c1ccc(-n2cnc(-c3ccccc3)c2)cc1. The smallest absolute Gasteiger partial charge is 0.175 e. The van der Waals surface area contributed by atoms with Gasteiger partial charge in [0.15, 0.2) is 9.84 Å². The Morgan fingerprint density at radius 3 is 1.84 bits per heavy atom. The van der Waals surface area contributed by atoms with Gasteiger partial charge >= 0.3 is 0 Å². The average molecular weight is 475 g/mol. The second-order valence-corrected chi connectivity index (χ2v) is 9.38. The Labute approximate surface area is 199 Å². The van der Waals surface area contributed by atoms with Gasteiger partial charge in [0, 0.05) is 29.6 Å². The minimum absolute atomic E-state index is 0.314. The lowest BCUT2D eigenvalue weighted by molar-refractivity contribution is 0.602. The maximum absolute atomic E-state index is 11.5. The third-order valence-electron chi connectivity index (χ3n) is 3.44. The molecule has 0 aliphatic heterocycles. The van der Waals surface area contributed by atoms with E-state index in [1.165, 1.54) is 11.8 Å². The standard InChI is InChI=1S/C16H14N2O2S.C4H7Cl.C4H8.C2H6/c1-21(19,20)15-9-7-14(8-10-15)18-11-16(17-12-18)13-5-3-2-4-6-13;1-4(2)3-5;1-4(2)3;1-2/h2-12H,1H3;1,3H2,2H3;1H2,2-3H3;1-2H3. The van der Waals surface area contributed by atoms with E-state index in [1.807, 2.05) is 75.7 Å². The van der Waals surface area contributed by atoms with Gasteiger partial charge in [0.1, 0.15) is 0 Å². The molecule has 0 amide bonds. The minimum atomic E-state index is -3.16. The molecule has 0 N–H and O–H groups in total. The van der Waals surface area contributed by atoms with Crippen LogP contribution in [0.5, 0.6) is 0 Å². The maximum Gasteiger partial charge on any atom is 0.175 e. The van der Waals surface area contributed by atoms with E-state index >= 15 is 0 Å². The topological polar surface area (TPSA) is 52.0 Å². The van der Waals surface area contributed by atoms with Crippen LogP contribution < -0.4 is 0 Å². The van der Waals surface area contributed by atoms with Gasteiger partial charge in [-0.2, -0.15) is 0 Å². The number of allylic oxidation sites excluding steroid dienone is 2. The van der Waals surface area contributed by atoms with Crippen molar-refractivity contribution in [2.24, 2.45) is 0 Å². The summed E-state index contributed by atoms with van der Waals surface area (Å²) in [5.41, 5.74) is 4.98. The summed E-state index contributed by atoms with van der Waals surface area (Å²) in [5.74, 6) is 0.583. The van der Waals surface area contributed by atoms with Gasteiger partial charge in [-0.15, -0.1) is 18.2 Å². The molecule has 174 valence electrons. The fraction of sp³-hybridized carbons (Fsp3) is 0.269. The summed E-state index contributed by atoms with van der Waals surface area (Å²) in [6, 6.07) is 16.6. The van der Waals surface area contributed by atoms with Crippen molar-refractivity contribution < 1.29 is 8.42 Å². The van der Waals surface area contributed by atoms with Crippen LogP contribution in [0.1, 0.15) is 34.6 Å². The quantitative estimate of drug-likeness (QED) is 0.293. The van der Waals surface area contributed by atoms with Crippen molar-refractivity contribution in [3.05, 3.63) is 91.4 Å². The summed E-state index contributed by atoms with van der Waals surface area (Å²) in [5, 5.41) is 0. The molecule has 0 aliphatic carbocycles. The van der Waals surface area contributed by atoms with Crippen molar-refractivity contribution in [1.29, 1.82) is 0 Å². The van der Waals surface area contributed by atoms with Gasteiger partial charge in [-0.1, -0.05) is 61.9 Å². The number of hydrogen-bond donors (Lipinski definition) is 0. The first-order valence-electron chi connectivity index (χ1n) is 10.3. The molecule has 0 atom stereocenters. The van der Waals surface area contributed by atoms with E-state index in [4.69, 9.17) is 11.6 Å². The number of aromatic nitrogens is 2. The van der Waals surface area contributed by atoms with Gasteiger partial charge in [0.25, 0.3) is 0 Å². The van der Waals surface area contributed by atoms with E-state index in [2.05, 4.69) is 18.1 Å². The number of alkyl halides is 1. The van der Waals surface area contributed by atoms with Crippen molar-refractivity contribution in [2.45, 2.75) is 39.5 Å². The zero-order valence-electron chi connectivity index (χ0n) is 20.0. The summed E-state index contributed by atoms with van der Waals surface area (Å²) in [6.07, 6.45) is 4.84. The molecule has 1 aromatic heterocycles.